The van der Waals surface area contributed by atoms with Crippen LogP contribution in [0.25, 0.3) is 11.0 Å². The molecule has 0 atom stereocenters. The number of alkyl halides is 2. The number of halogens is 2. The lowest BCUT2D eigenvalue weighted by Gasteiger charge is -2.31. The van der Waals surface area contributed by atoms with E-state index in [-0.39, 0.29) is 47.7 Å². The molecule has 2 aliphatic rings. The van der Waals surface area contributed by atoms with Crippen LogP contribution < -0.4 is 5.32 Å². The summed E-state index contributed by atoms with van der Waals surface area (Å²) in [6.07, 6.45) is 3.58. The maximum Gasteiger partial charge on any atom is 0.253 e. The van der Waals surface area contributed by atoms with E-state index in [0.29, 0.717) is 62.7 Å². The molecule has 1 saturated heterocycles. The zero-order valence-corrected chi connectivity index (χ0v) is 22.3. The zero-order valence-electron chi connectivity index (χ0n) is 22.3. The number of likely N-dealkylation sites (tertiary alicyclic amines) is 1. The fourth-order valence-electron chi connectivity index (χ4n) is 5.44. The van der Waals surface area contributed by atoms with Gasteiger partial charge in [0.1, 0.15) is 11.7 Å². The second kappa shape index (κ2) is 10.8. The van der Waals surface area contributed by atoms with Crippen molar-refractivity contribution in [2.75, 3.05) is 13.1 Å². The van der Waals surface area contributed by atoms with Crippen LogP contribution in [-0.2, 0) is 16.8 Å². The Morgan fingerprint density at radius 3 is 2.45 bits per heavy atom. The Labute approximate surface area is 221 Å². The lowest BCUT2D eigenvalue weighted by molar-refractivity contribution is -0.124. The number of amidine groups is 1. The van der Waals surface area contributed by atoms with Gasteiger partial charge < -0.3 is 19.9 Å². The average Bonchev–Trinajstić information content (AvgIpc) is 3.23. The molecule has 38 heavy (non-hydrogen) atoms. The molecule has 0 spiro atoms. The lowest BCUT2D eigenvalue weighted by Crippen LogP contribution is -2.44. The highest BCUT2D eigenvalue weighted by Crippen LogP contribution is 2.38. The summed E-state index contributed by atoms with van der Waals surface area (Å²) in [5, 5.41) is 18.8. The van der Waals surface area contributed by atoms with Crippen LogP contribution in [0.3, 0.4) is 0 Å². The van der Waals surface area contributed by atoms with Gasteiger partial charge in [-0.15, -0.1) is 0 Å². The summed E-state index contributed by atoms with van der Waals surface area (Å²) in [6.45, 7) is 7.71. The number of benzene rings is 1. The third kappa shape index (κ3) is 6.22. The van der Waals surface area contributed by atoms with Gasteiger partial charge >= 0.3 is 0 Å². The van der Waals surface area contributed by atoms with Crippen molar-refractivity contribution in [3.63, 3.8) is 0 Å². The quantitative estimate of drug-likeness (QED) is 0.282. The molecule has 2 heterocycles. The molecule has 10 heteroatoms. The number of nitrogens with zero attached hydrogens (tertiary/aromatic N) is 3. The van der Waals surface area contributed by atoms with Gasteiger partial charge in [-0.3, -0.25) is 15.0 Å². The van der Waals surface area contributed by atoms with Crippen molar-refractivity contribution in [3.05, 3.63) is 41.9 Å². The highest BCUT2D eigenvalue weighted by molar-refractivity contribution is 6.03. The molecule has 1 aromatic heterocycles. The van der Waals surface area contributed by atoms with E-state index in [1.807, 2.05) is 6.07 Å². The van der Waals surface area contributed by atoms with Gasteiger partial charge in [-0.2, -0.15) is 0 Å². The van der Waals surface area contributed by atoms with E-state index >= 15 is 0 Å². The normalized spacial score (nSPS) is 19.2. The number of hydrogen-bond donors (Lipinski definition) is 3. The summed E-state index contributed by atoms with van der Waals surface area (Å²) in [6, 6.07) is 5.51. The Kier molecular flexibility index (Phi) is 7.90. The fourth-order valence-corrected chi connectivity index (χ4v) is 5.44. The highest BCUT2D eigenvalue weighted by atomic mass is 19.3. The first-order valence-electron chi connectivity index (χ1n) is 13.3. The largest absolute Gasteiger partial charge is 0.515 e. The first-order valence-corrected chi connectivity index (χ1v) is 13.3. The molecule has 1 aliphatic heterocycles. The standard InChI is InChI=1S/C28H37F2N5O3/c1-27(2,3)26-32-21-16-20(4-5-22(21)35(26)17-18-6-11-28(29,30)12-7-18)25(38)34-13-8-19(9-14-34)24(37)33-23(31)10-15-36/h4-5,10,15-16,18-19,36H,6-9,11-14,17H2,1-3H3,(H2,31,33,37)/b15-10-. The van der Waals surface area contributed by atoms with Crippen LogP contribution in [0.15, 0.2) is 30.5 Å². The number of hydrogen-bond acceptors (Lipinski definition) is 5. The number of amides is 2. The Bertz CT molecular complexity index is 1230. The molecule has 2 aromatic rings. The molecule has 1 saturated carbocycles. The zero-order chi connectivity index (χ0) is 27.7. The van der Waals surface area contributed by atoms with Crippen LogP contribution in [0.2, 0.25) is 0 Å². The second-order valence-corrected chi connectivity index (χ2v) is 11.6. The molecule has 1 aromatic carbocycles. The molecule has 1 aliphatic carbocycles. The summed E-state index contributed by atoms with van der Waals surface area (Å²) < 4.78 is 29.5. The summed E-state index contributed by atoms with van der Waals surface area (Å²) in [5.41, 5.74) is 1.89. The topological polar surface area (TPSA) is 111 Å². The third-order valence-corrected chi connectivity index (χ3v) is 7.60. The van der Waals surface area contributed by atoms with Crippen molar-refractivity contribution in [3.8, 4) is 0 Å². The van der Waals surface area contributed by atoms with E-state index in [1.165, 1.54) is 0 Å². The third-order valence-electron chi connectivity index (χ3n) is 7.60. The Balaban J connectivity index is 1.48. The number of fused-ring (bicyclic) bond motifs is 1. The minimum Gasteiger partial charge on any atom is -0.515 e. The minimum atomic E-state index is -2.56. The second-order valence-electron chi connectivity index (χ2n) is 11.6. The van der Waals surface area contributed by atoms with E-state index in [0.717, 1.165) is 17.4 Å². The van der Waals surface area contributed by atoms with Crippen molar-refractivity contribution in [2.24, 2.45) is 11.8 Å². The molecular weight excluding hydrogens is 492 g/mol. The molecule has 2 amide bonds. The van der Waals surface area contributed by atoms with Crippen molar-refractivity contribution < 1.29 is 23.5 Å². The van der Waals surface area contributed by atoms with E-state index in [2.05, 4.69) is 30.7 Å². The maximum atomic E-state index is 13.7. The number of carbonyl (C=O) groups is 2. The van der Waals surface area contributed by atoms with Gasteiger partial charge in [-0.1, -0.05) is 20.8 Å². The van der Waals surface area contributed by atoms with E-state index < -0.39 is 5.92 Å². The monoisotopic (exact) mass is 529 g/mol. The van der Waals surface area contributed by atoms with Crippen molar-refractivity contribution >= 4 is 28.7 Å². The van der Waals surface area contributed by atoms with E-state index in [4.69, 9.17) is 15.5 Å². The number of rotatable bonds is 5. The first-order chi connectivity index (χ1) is 17.9. The van der Waals surface area contributed by atoms with E-state index in [1.54, 1.807) is 17.0 Å². The van der Waals surface area contributed by atoms with Gasteiger partial charge in [-0.05, 0) is 49.8 Å². The van der Waals surface area contributed by atoms with Gasteiger partial charge in [-0.25, -0.2) is 13.8 Å². The SMILES string of the molecule is CC(C)(C)c1nc2cc(C(=O)N3CCC(C(=O)NC(=N)/C=C\O)CC3)ccc2n1CC1CCC(F)(F)CC1. The number of aliphatic hydroxyl groups is 1. The van der Waals surface area contributed by atoms with Crippen molar-refractivity contribution in [1.82, 2.24) is 19.8 Å². The van der Waals surface area contributed by atoms with Gasteiger partial charge in [0.05, 0.1) is 17.3 Å². The molecule has 3 N–H and O–H groups in total. The van der Waals surface area contributed by atoms with Crippen LogP contribution in [0.1, 0.15) is 75.5 Å². The van der Waals surface area contributed by atoms with E-state index in [9.17, 15) is 18.4 Å². The van der Waals surface area contributed by atoms with Crippen LogP contribution in [0.4, 0.5) is 8.78 Å². The van der Waals surface area contributed by atoms with Crippen LogP contribution in [0.5, 0.6) is 0 Å². The molecular formula is C28H37F2N5O3. The van der Waals surface area contributed by atoms with Gasteiger partial charge in [0.2, 0.25) is 11.8 Å². The Morgan fingerprint density at radius 2 is 1.84 bits per heavy atom. The summed E-state index contributed by atoms with van der Waals surface area (Å²) in [5.74, 6) is -2.42. The molecule has 8 nitrogen and oxygen atoms in total. The molecule has 0 bridgehead atoms. The van der Waals surface area contributed by atoms with Crippen LogP contribution >= 0.6 is 0 Å². The number of carbonyl (C=O) groups excluding carboxylic acids is 2. The average molecular weight is 530 g/mol. The van der Waals surface area contributed by atoms with Gasteiger partial charge in [0, 0.05) is 55.4 Å². The first kappa shape index (κ1) is 27.7. The number of imidazole rings is 1. The highest BCUT2D eigenvalue weighted by Gasteiger charge is 2.36. The molecule has 0 radical (unpaired) electrons. The smallest absolute Gasteiger partial charge is 0.253 e. The number of aliphatic hydroxyl groups excluding tert-OH is 1. The molecule has 206 valence electrons. The van der Waals surface area contributed by atoms with Crippen molar-refractivity contribution in [1.29, 1.82) is 5.41 Å². The summed E-state index contributed by atoms with van der Waals surface area (Å²) >= 11 is 0. The predicted molar refractivity (Wildman–Crippen MR) is 142 cm³/mol. The van der Waals surface area contributed by atoms with Crippen molar-refractivity contribution in [2.45, 2.75) is 77.2 Å². The Hall–Kier alpha value is -3.30. The fraction of sp³-hybridized carbons (Fsp3) is 0.571. The molecule has 4 rings (SSSR count). The van der Waals surface area contributed by atoms with Gasteiger partial charge in [0.25, 0.3) is 5.91 Å². The van der Waals surface area contributed by atoms with Gasteiger partial charge in [0.15, 0.2) is 0 Å². The summed E-state index contributed by atoms with van der Waals surface area (Å²) in [7, 11) is 0. The number of aromatic nitrogens is 2. The Morgan fingerprint density at radius 1 is 1.18 bits per heavy atom. The number of piperidine rings is 1. The molecule has 2 fully saturated rings. The van der Waals surface area contributed by atoms with Crippen LogP contribution in [0, 0.1) is 17.2 Å². The van der Waals surface area contributed by atoms with Crippen LogP contribution in [-0.4, -0.2) is 56.2 Å². The predicted octanol–water partition coefficient (Wildman–Crippen LogP) is 5.18. The maximum absolute atomic E-state index is 13.7. The molecule has 0 unspecified atom stereocenters. The summed E-state index contributed by atoms with van der Waals surface area (Å²) in [4.78, 5) is 32.3. The minimum absolute atomic E-state index is 0.0750. The number of nitrogens with one attached hydrogen (secondary N) is 2. The lowest BCUT2D eigenvalue weighted by atomic mass is 9.86.